The van der Waals surface area contributed by atoms with Crippen molar-refractivity contribution in [1.29, 1.82) is 0 Å². The number of amides is 1. The second-order valence-electron chi connectivity index (χ2n) is 3.68. The van der Waals surface area contributed by atoms with Crippen LogP contribution in [-0.2, 0) is 19.4 Å². The number of carboxylic acid groups (broad SMARTS) is 1. The van der Waals surface area contributed by atoms with E-state index in [1.807, 2.05) is 0 Å². The molecule has 0 radical (unpaired) electrons. The molecule has 0 aliphatic carbocycles. The van der Waals surface area contributed by atoms with Gasteiger partial charge in [0.25, 0.3) is 0 Å². The number of hydrogen-bond acceptors (Lipinski definition) is 4. The fourth-order valence-corrected chi connectivity index (χ4v) is 3.53. The summed E-state index contributed by atoms with van der Waals surface area (Å²) >= 11 is 0. The average Bonchev–Trinajstić information content (AvgIpc) is 2.41. The minimum Gasteiger partial charge on any atom is -0.480 e. The van der Waals surface area contributed by atoms with E-state index in [9.17, 15) is 18.0 Å². The maximum absolute atomic E-state index is 11.1. The molecule has 0 aromatic carbocycles. The van der Waals surface area contributed by atoms with Gasteiger partial charge in [0.2, 0.25) is 5.91 Å². The zero-order valence-electron chi connectivity index (χ0n) is 8.26. The minimum absolute atomic E-state index is 0.00102. The number of sulfone groups is 1. The predicted octanol–water partition coefficient (Wildman–Crippen LogP) is -0.990. The summed E-state index contributed by atoms with van der Waals surface area (Å²) in [7, 11) is -3.12. The molecular weight excluding hydrogens is 222 g/mol. The van der Waals surface area contributed by atoms with E-state index in [4.69, 9.17) is 5.11 Å². The van der Waals surface area contributed by atoms with Crippen LogP contribution in [0, 0.1) is 5.92 Å². The zero-order valence-corrected chi connectivity index (χ0v) is 9.08. The van der Waals surface area contributed by atoms with Gasteiger partial charge in [-0.05, 0) is 6.42 Å². The topological polar surface area (TPSA) is 101 Å². The summed E-state index contributed by atoms with van der Waals surface area (Å²) in [5.41, 5.74) is 0. The fraction of sp³-hybridized carbons (Fsp3) is 0.750. The molecule has 6 nitrogen and oxygen atoms in total. The van der Waals surface area contributed by atoms with E-state index >= 15 is 0 Å². The normalized spacial score (nSPS) is 25.8. The van der Waals surface area contributed by atoms with Crippen LogP contribution in [0.15, 0.2) is 0 Å². The van der Waals surface area contributed by atoms with Crippen LogP contribution >= 0.6 is 0 Å². The predicted molar refractivity (Wildman–Crippen MR) is 52.0 cm³/mol. The number of carboxylic acids is 1. The highest BCUT2D eigenvalue weighted by atomic mass is 32.2. The molecule has 1 fully saturated rings. The van der Waals surface area contributed by atoms with Crippen LogP contribution in [0.3, 0.4) is 0 Å². The molecule has 1 aliphatic rings. The standard InChI is InChI=1S/C8H13NO5S/c1-5(10)9-7(8(11)12)6-2-3-15(13,14)4-6/h6-7H,2-4H2,1H3,(H,9,10)(H,11,12). The first kappa shape index (κ1) is 12.0. The number of hydrogen-bond donors (Lipinski definition) is 2. The molecule has 1 saturated heterocycles. The lowest BCUT2D eigenvalue weighted by atomic mass is 9.99. The zero-order chi connectivity index (χ0) is 11.6. The summed E-state index contributed by atoms with van der Waals surface area (Å²) in [5.74, 6) is -2.33. The van der Waals surface area contributed by atoms with Crippen LogP contribution in [-0.4, -0.2) is 42.9 Å². The first-order valence-corrected chi connectivity index (χ1v) is 6.34. The second kappa shape index (κ2) is 4.18. The van der Waals surface area contributed by atoms with Gasteiger partial charge in [-0.15, -0.1) is 0 Å². The number of nitrogens with one attached hydrogen (secondary N) is 1. The van der Waals surface area contributed by atoms with E-state index in [1.165, 1.54) is 6.92 Å². The van der Waals surface area contributed by atoms with Crippen molar-refractivity contribution in [3.8, 4) is 0 Å². The van der Waals surface area contributed by atoms with Gasteiger partial charge in [0, 0.05) is 12.8 Å². The number of carbonyl (C=O) groups is 2. The van der Waals surface area contributed by atoms with E-state index in [1.54, 1.807) is 0 Å². The molecule has 2 N–H and O–H groups in total. The minimum atomic E-state index is -3.12. The van der Waals surface area contributed by atoms with Crippen molar-refractivity contribution < 1.29 is 23.1 Å². The summed E-state index contributed by atoms with van der Waals surface area (Å²) < 4.78 is 22.3. The van der Waals surface area contributed by atoms with Crippen molar-refractivity contribution in [2.75, 3.05) is 11.5 Å². The maximum Gasteiger partial charge on any atom is 0.326 e. The first-order valence-electron chi connectivity index (χ1n) is 4.52. The molecule has 0 bridgehead atoms. The molecule has 2 atom stereocenters. The van der Waals surface area contributed by atoms with Gasteiger partial charge in [-0.3, -0.25) is 4.79 Å². The van der Waals surface area contributed by atoms with E-state index in [-0.39, 0.29) is 11.5 Å². The summed E-state index contributed by atoms with van der Waals surface area (Å²) in [6.45, 7) is 1.21. The van der Waals surface area contributed by atoms with Crippen LogP contribution < -0.4 is 5.32 Å². The fourth-order valence-electron chi connectivity index (χ4n) is 1.69. The van der Waals surface area contributed by atoms with Crippen molar-refractivity contribution >= 4 is 21.7 Å². The smallest absolute Gasteiger partial charge is 0.326 e. The summed E-state index contributed by atoms with van der Waals surface area (Å²) in [6.07, 6.45) is 0.291. The number of rotatable bonds is 3. The third kappa shape index (κ3) is 3.19. The Labute approximate surface area is 87.6 Å². The molecule has 0 spiro atoms. The summed E-state index contributed by atoms with van der Waals surface area (Å²) in [4.78, 5) is 21.6. The number of carbonyl (C=O) groups excluding carboxylic acids is 1. The average molecular weight is 235 g/mol. The van der Waals surface area contributed by atoms with Crippen molar-refractivity contribution in [2.24, 2.45) is 5.92 Å². The van der Waals surface area contributed by atoms with E-state index in [2.05, 4.69) is 5.32 Å². The quantitative estimate of drug-likeness (QED) is 0.654. The monoisotopic (exact) mass is 235 g/mol. The van der Waals surface area contributed by atoms with Gasteiger partial charge in [-0.25, -0.2) is 13.2 Å². The Kier molecular flexibility index (Phi) is 3.33. The second-order valence-corrected chi connectivity index (χ2v) is 5.91. The van der Waals surface area contributed by atoms with Crippen LogP contribution in [0.1, 0.15) is 13.3 Å². The molecular formula is C8H13NO5S. The first-order chi connectivity index (χ1) is 6.82. The van der Waals surface area contributed by atoms with E-state index in [0.717, 1.165) is 0 Å². The Morgan fingerprint density at radius 3 is 2.40 bits per heavy atom. The van der Waals surface area contributed by atoms with Crippen molar-refractivity contribution in [2.45, 2.75) is 19.4 Å². The van der Waals surface area contributed by atoms with Gasteiger partial charge < -0.3 is 10.4 Å². The molecule has 0 aromatic rings. The molecule has 15 heavy (non-hydrogen) atoms. The molecule has 0 aromatic heterocycles. The van der Waals surface area contributed by atoms with Crippen LogP contribution in [0.4, 0.5) is 0 Å². The lowest BCUT2D eigenvalue weighted by Gasteiger charge is -2.18. The largest absolute Gasteiger partial charge is 0.480 e. The van der Waals surface area contributed by atoms with Crippen LogP contribution in [0.2, 0.25) is 0 Å². The molecule has 1 heterocycles. The van der Waals surface area contributed by atoms with Crippen LogP contribution in [0.5, 0.6) is 0 Å². The molecule has 7 heteroatoms. The van der Waals surface area contributed by atoms with Crippen molar-refractivity contribution in [1.82, 2.24) is 5.32 Å². The highest BCUT2D eigenvalue weighted by Gasteiger charge is 2.37. The van der Waals surface area contributed by atoms with Gasteiger partial charge in [-0.2, -0.15) is 0 Å². The third-order valence-corrected chi connectivity index (χ3v) is 4.16. The highest BCUT2D eigenvalue weighted by molar-refractivity contribution is 7.91. The number of aliphatic carboxylic acids is 1. The van der Waals surface area contributed by atoms with Gasteiger partial charge in [-0.1, -0.05) is 0 Å². The van der Waals surface area contributed by atoms with Gasteiger partial charge in [0.05, 0.1) is 11.5 Å². The van der Waals surface area contributed by atoms with Crippen molar-refractivity contribution in [3.05, 3.63) is 0 Å². The molecule has 1 aliphatic heterocycles. The maximum atomic E-state index is 11.1. The molecule has 1 rings (SSSR count). The molecule has 2 unspecified atom stereocenters. The summed E-state index contributed by atoms with van der Waals surface area (Å²) in [5, 5.41) is 11.1. The summed E-state index contributed by atoms with van der Waals surface area (Å²) in [6, 6.07) is -1.10. The molecule has 1 amide bonds. The Hall–Kier alpha value is -1.11. The lowest BCUT2D eigenvalue weighted by molar-refractivity contribution is -0.142. The van der Waals surface area contributed by atoms with Gasteiger partial charge >= 0.3 is 5.97 Å². The Morgan fingerprint density at radius 1 is 1.47 bits per heavy atom. The van der Waals surface area contributed by atoms with Crippen LogP contribution in [0.25, 0.3) is 0 Å². The van der Waals surface area contributed by atoms with Gasteiger partial charge in [0.15, 0.2) is 9.84 Å². The third-order valence-electron chi connectivity index (χ3n) is 2.36. The Bertz CT molecular complexity index is 374. The van der Waals surface area contributed by atoms with E-state index < -0.39 is 33.7 Å². The van der Waals surface area contributed by atoms with Gasteiger partial charge in [0.1, 0.15) is 6.04 Å². The molecule has 0 saturated carbocycles. The van der Waals surface area contributed by atoms with Crippen molar-refractivity contribution in [3.63, 3.8) is 0 Å². The highest BCUT2D eigenvalue weighted by Crippen LogP contribution is 2.22. The van der Waals surface area contributed by atoms with E-state index in [0.29, 0.717) is 6.42 Å². The SMILES string of the molecule is CC(=O)NC(C(=O)O)C1CCS(=O)(=O)C1. The Balaban J connectivity index is 2.74. The molecule has 86 valence electrons. The Morgan fingerprint density at radius 2 is 2.07 bits per heavy atom. The lowest BCUT2D eigenvalue weighted by Crippen LogP contribution is -2.45.